The molecule has 1 aliphatic carbocycles. The maximum absolute atomic E-state index is 12.3. The Kier molecular flexibility index (Phi) is 4.89. The Bertz CT molecular complexity index is 531. The third-order valence-electron chi connectivity index (χ3n) is 3.39. The molecule has 4 nitrogen and oxygen atoms in total. The van der Waals surface area contributed by atoms with Crippen LogP contribution in [0.4, 0.5) is 0 Å². The predicted molar refractivity (Wildman–Crippen MR) is 78.8 cm³/mol. The molecule has 0 radical (unpaired) electrons. The van der Waals surface area contributed by atoms with E-state index in [1.165, 1.54) is 11.8 Å². The number of nitrogens with two attached hydrogens (primary N) is 1. The fourth-order valence-electron chi connectivity index (χ4n) is 2.39. The van der Waals surface area contributed by atoms with E-state index >= 15 is 0 Å². The average molecular weight is 300 g/mol. The number of benzene rings is 1. The Hall–Kier alpha value is -0.560. The molecule has 1 saturated carbocycles. The summed E-state index contributed by atoms with van der Waals surface area (Å²) in [6.45, 7) is 0. The molecule has 1 aliphatic rings. The van der Waals surface area contributed by atoms with Crippen LogP contribution in [0.3, 0.4) is 0 Å². The van der Waals surface area contributed by atoms with Crippen molar-refractivity contribution in [2.75, 3.05) is 6.26 Å². The molecule has 0 spiro atoms. The molecule has 1 aromatic rings. The summed E-state index contributed by atoms with van der Waals surface area (Å²) in [4.78, 5) is 1.28. The molecule has 0 aromatic heterocycles. The Labute approximate surface area is 119 Å². The summed E-state index contributed by atoms with van der Waals surface area (Å²) in [7, 11) is -3.43. The van der Waals surface area contributed by atoms with Crippen LogP contribution in [0.1, 0.15) is 25.7 Å². The third-order valence-corrected chi connectivity index (χ3v) is 5.63. The molecule has 0 heterocycles. The van der Waals surface area contributed by atoms with Crippen molar-refractivity contribution in [3.63, 3.8) is 0 Å². The van der Waals surface area contributed by atoms with Gasteiger partial charge in [0, 0.05) is 17.0 Å². The smallest absolute Gasteiger partial charge is 0.240 e. The summed E-state index contributed by atoms with van der Waals surface area (Å²) in [5.74, 6) is 0. The summed E-state index contributed by atoms with van der Waals surface area (Å²) >= 11 is 1.53. The summed E-state index contributed by atoms with van der Waals surface area (Å²) in [5.41, 5.74) is 5.89. The quantitative estimate of drug-likeness (QED) is 0.834. The van der Waals surface area contributed by atoms with Crippen LogP contribution in [-0.4, -0.2) is 26.8 Å². The first-order valence-corrected chi connectivity index (χ1v) is 9.14. The van der Waals surface area contributed by atoms with Crippen molar-refractivity contribution >= 4 is 21.8 Å². The van der Waals surface area contributed by atoms with Gasteiger partial charge in [0.2, 0.25) is 10.0 Å². The molecule has 6 heteroatoms. The number of hydrogen-bond donors (Lipinski definition) is 2. The number of rotatable bonds is 4. The summed E-state index contributed by atoms with van der Waals surface area (Å²) in [6, 6.07) is 7.08. The van der Waals surface area contributed by atoms with Crippen LogP contribution in [0.2, 0.25) is 0 Å². The van der Waals surface area contributed by atoms with Gasteiger partial charge in [-0.3, -0.25) is 0 Å². The van der Waals surface area contributed by atoms with Crippen molar-refractivity contribution in [2.45, 2.75) is 47.6 Å². The summed E-state index contributed by atoms with van der Waals surface area (Å²) < 4.78 is 27.4. The molecule has 1 fully saturated rings. The molecular formula is C13H20N2O2S2. The number of nitrogens with one attached hydrogen (secondary N) is 1. The Morgan fingerprint density at radius 1 is 1.37 bits per heavy atom. The van der Waals surface area contributed by atoms with Crippen molar-refractivity contribution < 1.29 is 8.42 Å². The number of thioether (sulfide) groups is 1. The normalized spacial score (nSPS) is 24.3. The first kappa shape index (κ1) is 14.8. The van der Waals surface area contributed by atoms with E-state index in [4.69, 9.17) is 5.73 Å². The lowest BCUT2D eigenvalue weighted by Gasteiger charge is -2.27. The van der Waals surface area contributed by atoms with Crippen molar-refractivity contribution in [1.82, 2.24) is 4.72 Å². The molecule has 0 aliphatic heterocycles. The van der Waals surface area contributed by atoms with E-state index < -0.39 is 10.0 Å². The third kappa shape index (κ3) is 3.95. The highest BCUT2D eigenvalue weighted by Crippen LogP contribution is 2.22. The van der Waals surface area contributed by atoms with Crippen LogP contribution < -0.4 is 10.5 Å². The molecule has 3 N–H and O–H groups in total. The largest absolute Gasteiger partial charge is 0.328 e. The monoisotopic (exact) mass is 300 g/mol. The lowest BCUT2D eigenvalue weighted by molar-refractivity contribution is 0.371. The van der Waals surface area contributed by atoms with Crippen molar-refractivity contribution in [1.29, 1.82) is 0 Å². The van der Waals surface area contributed by atoms with E-state index in [1.54, 1.807) is 18.2 Å². The second-order valence-electron chi connectivity index (χ2n) is 4.92. The van der Waals surface area contributed by atoms with Crippen LogP contribution >= 0.6 is 11.8 Å². The van der Waals surface area contributed by atoms with Crippen LogP contribution in [0.25, 0.3) is 0 Å². The van der Waals surface area contributed by atoms with Crippen LogP contribution in [-0.2, 0) is 10.0 Å². The SMILES string of the molecule is CSc1cccc(S(=O)(=O)NC2CCCC(N)C2)c1. The fourth-order valence-corrected chi connectivity index (χ4v) is 4.25. The summed E-state index contributed by atoms with van der Waals surface area (Å²) in [5, 5.41) is 0. The van der Waals surface area contributed by atoms with E-state index in [-0.39, 0.29) is 12.1 Å². The van der Waals surface area contributed by atoms with Gasteiger partial charge in [0.05, 0.1) is 4.90 Å². The Morgan fingerprint density at radius 2 is 2.16 bits per heavy atom. The minimum atomic E-state index is -3.43. The minimum Gasteiger partial charge on any atom is -0.328 e. The Morgan fingerprint density at radius 3 is 2.84 bits per heavy atom. The zero-order valence-corrected chi connectivity index (χ0v) is 12.6. The predicted octanol–water partition coefficient (Wildman–Crippen LogP) is 1.96. The molecule has 0 amide bonds. The van der Waals surface area contributed by atoms with Gasteiger partial charge in [-0.2, -0.15) is 0 Å². The molecular weight excluding hydrogens is 280 g/mol. The molecule has 2 unspecified atom stereocenters. The zero-order chi connectivity index (χ0) is 13.9. The van der Waals surface area contributed by atoms with Gasteiger partial charge in [-0.05, 0) is 43.7 Å². The van der Waals surface area contributed by atoms with E-state index in [0.717, 1.165) is 30.6 Å². The second kappa shape index (κ2) is 6.26. The molecule has 0 bridgehead atoms. The van der Waals surface area contributed by atoms with Gasteiger partial charge in [0.15, 0.2) is 0 Å². The van der Waals surface area contributed by atoms with Gasteiger partial charge >= 0.3 is 0 Å². The summed E-state index contributed by atoms with van der Waals surface area (Å²) in [6.07, 6.45) is 5.50. The lowest BCUT2D eigenvalue weighted by atomic mass is 9.92. The first-order valence-electron chi connectivity index (χ1n) is 6.43. The minimum absolute atomic E-state index is 0.0355. The van der Waals surface area contributed by atoms with Crippen LogP contribution in [0.5, 0.6) is 0 Å². The van der Waals surface area contributed by atoms with Gasteiger partial charge in [0.1, 0.15) is 0 Å². The van der Waals surface area contributed by atoms with Crippen molar-refractivity contribution in [2.24, 2.45) is 5.73 Å². The van der Waals surface area contributed by atoms with Crippen LogP contribution in [0.15, 0.2) is 34.1 Å². The highest BCUT2D eigenvalue weighted by atomic mass is 32.2. The van der Waals surface area contributed by atoms with E-state index in [0.29, 0.717) is 4.90 Å². The highest BCUT2D eigenvalue weighted by Gasteiger charge is 2.24. The second-order valence-corrected chi connectivity index (χ2v) is 7.52. The van der Waals surface area contributed by atoms with Gasteiger partial charge in [-0.1, -0.05) is 12.5 Å². The van der Waals surface area contributed by atoms with E-state index in [1.807, 2.05) is 12.3 Å². The molecule has 1 aromatic carbocycles. The van der Waals surface area contributed by atoms with Gasteiger partial charge < -0.3 is 5.73 Å². The van der Waals surface area contributed by atoms with Gasteiger partial charge in [-0.25, -0.2) is 13.1 Å². The molecule has 2 rings (SSSR count). The molecule has 106 valence electrons. The zero-order valence-electron chi connectivity index (χ0n) is 11.0. The highest BCUT2D eigenvalue weighted by molar-refractivity contribution is 7.98. The fraction of sp³-hybridized carbons (Fsp3) is 0.538. The van der Waals surface area contributed by atoms with Gasteiger partial charge in [0.25, 0.3) is 0 Å². The lowest BCUT2D eigenvalue weighted by Crippen LogP contribution is -2.42. The maximum atomic E-state index is 12.3. The standard InChI is InChI=1S/C13H20N2O2S2/c1-18-12-6-3-7-13(9-12)19(16,17)15-11-5-2-4-10(14)8-11/h3,6-7,9-11,15H,2,4-5,8,14H2,1H3. The number of sulfonamides is 1. The van der Waals surface area contributed by atoms with Crippen molar-refractivity contribution in [3.8, 4) is 0 Å². The molecule has 2 atom stereocenters. The topological polar surface area (TPSA) is 72.2 Å². The van der Waals surface area contributed by atoms with Gasteiger partial charge in [-0.15, -0.1) is 11.8 Å². The Balaban J connectivity index is 2.13. The van der Waals surface area contributed by atoms with E-state index in [9.17, 15) is 8.42 Å². The maximum Gasteiger partial charge on any atom is 0.240 e. The van der Waals surface area contributed by atoms with E-state index in [2.05, 4.69) is 4.72 Å². The first-order chi connectivity index (χ1) is 9.01. The average Bonchev–Trinajstić information content (AvgIpc) is 2.38. The number of hydrogen-bond acceptors (Lipinski definition) is 4. The molecule has 19 heavy (non-hydrogen) atoms. The molecule has 0 saturated heterocycles. The van der Waals surface area contributed by atoms with Crippen LogP contribution in [0, 0.1) is 0 Å². The van der Waals surface area contributed by atoms with Crippen molar-refractivity contribution in [3.05, 3.63) is 24.3 Å².